The Bertz CT molecular complexity index is 1160. The summed E-state index contributed by atoms with van der Waals surface area (Å²) in [6, 6.07) is 9.46. The second-order valence-electron chi connectivity index (χ2n) is 6.87. The smallest absolute Gasteiger partial charge is 0.338 e. The highest BCUT2D eigenvalue weighted by molar-refractivity contribution is 7.89. The summed E-state index contributed by atoms with van der Waals surface area (Å²) in [5.74, 6) is -1.32. The van der Waals surface area contributed by atoms with Crippen LogP contribution in [0.3, 0.4) is 0 Å². The van der Waals surface area contributed by atoms with Crippen LogP contribution in [0.15, 0.2) is 47.4 Å². The van der Waals surface area contributed by atoms with Crippen molar-refractivity contribution in [2.75, 3.05) is 32.8 Å². The van der Waals surface area contributed by atoms with Crippen LogP contribution in [-0.2, 0) is 14.8 Å². The van der Waals surface area contributed by atoms with Crippen LogP contribution in [0.2, 0.25) is 5.02 Å². The third-order valence-corrected chi connectivity index (χ3v) is 7.27. The molecule has 12 heteroatoms. The lowest BCUT2D eigenvalue weighted by Crippen LogP contribution is -2.50. The van der Waals surface area contributed by atoms with Gasteiger partial charge in [-0.15, -0.1) is 0 Å². The summed E-state index contributed by atoms with van der Waals surface area (Å²) >= 11 is 6.03. The summed E-state index contributed by atoms with van der Waals surface area (Å²) in [5.41, 5.74) is -0.576. The van der Waals surface area contributed by atoms with Gasteiger partial charge in [-0.2, -0.15) is 4.31 Å². The second-order valence-corrected chi connectivity index (χ2v) is 9.19. The molecule has 0 aliphatic carbocycles. The SMILES string of the molecule is CCOC(=O)c1cc(C(=O)N2CCN(S(=O)(=O)c3ccccc3Cl)CC2)cc([N+](=O)[O-])c1. The van der Waals surface area contributed by atoms with E-state index in [1.165, 1.54) is 27.4 Å². The molecule has 1 aliphatic rings. The van der Waals surface area contributed by atoms with Crippen LogP contribution in [0, 0.1) is 10.1 Å². The van der Waals surface area contributed by atoms with Gasteiger partial charge in [0.2, 0.25) is 10.0 Å². The number of nitrogens with zero attached hydrogens (tertiary/aromatic N) is 3. The number of hydrogen-bond acceptors (Lipinski definition) is 7. The van der Waals surface area contributed by atoms with Gasteiger partial charge in [0.15, 0.2) is 0 Å². The molecule has 1 amide bonds. The molecule has 0 bridgehead atoms. The summed E-state index contributed by atoms with van der Waals surface area (Å²) in [6.45, 7) is 1.86. The van der Waals surface area contributed by atoms with Crippen molar-refractivity contribution < 1.29 is 27.7 Å². The van der Waals surface area contributed by atoms with Crippen molar-refractivity contribution in [3.8, 4) is 0 Å². The number of non-ortho nitro benzene ring substituents is 1. The Morgan fingerprint density at radius 2 is 1.72 bits per heavy atom. The Balaban J connectivity index is 1.79. The van der Waals surface area contributed by atoms with Crippen molar-refractivity contribution in [1.82, 2.24) is 9.21 Å². The number of rotatable bonds is 6. The maximum absolute atomic E-state index is 12.9. The van der Waals surface area contributed by atoms with E-state index in [2.05, 4.69) is 0 Å². The Hall–Kier alpha value is -3.02. The standard InChI is InChI=1S/C20H20ClN3O7S/c1-2-31-20(26)15-11-14(12-16(13-15)24(27)28)19(25)22-7-9-23(10-8-22)32(29,30)18-6-4-3-5-17(18)21/h3-6,11-13H,2,7-10H2,1H3. The van der Waals surface area contributed by atoms with Crippen LogP contribution in [0.25, 0.3) is 0 Å². The Labute approximate surface area is 189 Å². The van der Waals surface area contributed by atoms with E-state index in [-0.39, 0.29) is 53.8 Å². The predicted octanol–water partition coefficient (Wildman–Crippen LogP) is 2.57. The first kappa shape index (κ1) is 23.6. The lowest BCUT2D eigenvalue weighted by Gasteiger charge is -2.34. The summed E-state index contributed by atoms with van der Waals surface area (Å²) in [5, 5.41) is 11.4. The number of piperazine rings is 1. The Kier molecular flexibility index (Phi) is 7.12. The molecule has 1 aliphatic heterocycles. The van der Waals surface area contributed by atoms with E-state index in [0.717, 1.165) is 12.1 Å². The molecule has 0 spiro atoms. The third-order valence-electron chi connectivity index (χ3n) is 4.87. The summed E-state index contributed by atoms with van der Waals surface area (Å²) in [4.78, 5) is 36.9. The molecule has 0 unspecified atom stereocenters. The molecule has 2 aromatic carbocycles. The van der Waals surface area contributed by atoms with Gasteiger partial charge in [-0.3, -0.25) is 14.9 Å². The minimum Gasteiger partial charge on any atom is -0.462 e. The minimum absolute atomic E-state index is 0.0146. The number of nitro groups is 1. The largest absolute Gasteiger partial charge is 0.462 e. The first-order chi connectivity index (χ1) is 15.1. The van der Waals surface area contributed by atoms with Gasteiger partial charge < -0.3 is 9.64 Å². The van der Waals surface area contributed by atoms with Gasteiger partial charge in [0.05, 0.1) is 22.1 Å². The average Bonchev–Trinajstić information content (AvgIpc) is 2.78. The fraction of sp³-hybridized carbons (Fsp3) is 0.300. The number of sulfonamides is 1. The number of nitro benzene ring substituents is 1. The summed E-state index contributed by atoms with van der Waals surface area (Å²) < 4.78 is 31.8. The molecule has 0 aromatic heterocycles. The predicted molar refractivity (Wildman–Crippen MR) is 115 cm³/mol. The van der Waals surface area contributed by atoms with E-state index in [4.69, 9.17) is 16.3 Å². The normalized spacial score (nSPS) is 14.8. The molecule has 1 saturated heterocycles. The van der Waals surface area contributed by atoms with Gasteiger partial charge in [0.1, 0.15) is 4.90 Å². The molecular formula is C20H20ClN3O7S. The van der Waals surface area contributed by atoms with Gasteiger partial charge >= 0.3 is 5.97 Å². The highest BCUT2D eigenvalue weighted by Gasteiger charge is 2.32. The maximum atomic E-state index is 12.9. The number of halogens is 1. The van der Waals surface area contributed by atoms with Crippen LogP contribution < -0.4 is 0 Å². The van der Waals surface area contributed by atoms with Crippen molar-refractivity contribution in [3.05, 3.63) is 68.7 Å². The number of ether oxygens (including phenoxy) is 1. The number of esters is 1. The van der Waals surface area contributed by atoms with E-state index in [0.29, 0.717) is 0 Å². The Morgan fingerprint density at radius 3 is 2.31 bits per heavy atom. The topological polar surface area (TPSA) is 127 Å². The number of hydrogen-bond donors (Lipinski definition) is 0. The maximum Gasteiger partial charge on any atom is 0.338 e. The molecule has 170 valence electrons. The molecule has 0 radical (unpaired) electrons. The lowest BCUT2D eigenvalue weighted by molar-refractivity contribution is -0.384. The quantitative estimate of drug-likeness (QED) is 0.352. The molecule has 1 fully saturated rings. The van der Waals surface area contributed by atoms with Crippen molar-refractivity contribution in [2.24, 2.45) is 0 Å². The van der Waals surface area contributed by atoms with E-state index in [1.54, 1.807) is 19.1 Å². The van der Waals surface area contributed by atoms with Gasteiger partial charge in [0, 0.05) is 43.9 Å². The minimum atomic E-state index is -3.84. The van der Waals surface area contributed by atoms with Gasteiger partial charge in [-0.05, 0) is 25.1 Å². The highest BCUT2D eigenvalue weighted by Crippen LogP contribution is 2.26. The lowest BCUT2D eigenvalue weighted by atomic mass is 10.1. The fourth-order valence-corrected chi connectivity index (χ4v) is 5.19. The van der Waals surface area contributed by atoms with Gasteiger partial charge in [-0.25, -0.2) is 13.2 Å². The van der Waals surface area contributed by atoms with Gasteiger partial charge in [-0.1, -0.05) is 23.7 Å². The zero-order valence-electron chi connectivity index (χ0n) is 17.1. The molecule has 0 saturated carbocycles. The second kappa shape index (κ2) is 9.63. The molecule has 3 rings (SSSR count). The molecule has 32 heavy (non-hydrogen) atoms. The first-order valence-corrected chi connectivity index (χ1v) is 11.5. The monoisotopic (exact) mass is 481 g/mol. The number of benzene rings is 2. The molecule has 0 atom stereocenters. The van der Waals surface area contributed by atoms with Crippen molar-refractivity contribution in [2.45, 2.75) is 11.8 Å². The summed E-state index contributed by atoms with van der Waals surface area (Å²) in [6.07, 6.45) is 0. The molecule has 2 aromatic rings. The van der Waals surface area contributed by atoms with E-state index in [1.807, 2.05) is 0 Å². The zero-order chi connectivity index (χ0) is 23.5. The third kappa shape index (κ3) is 4.90. The number of carbonyl (C=O) groups excluding carboxylic acids is 2. The summed E-state index contributed by atoms with van der Waals surface area (Å²) in [7, 11) is -3.84. The van der Waals surface area contributed by atoms with Crippen LogP contribution in [0.1, 0.15) is 27.6 Å². The molecule has 0 N–H and O–H groups in total. The number of amides is 1. The molecular weight excluding hydrogens is 462 g/mol. The zero-order valence-corrected chi connectivity index (χ0v) is 18.6. The van der Waals surface area contributed by atoms with E-state index in [9.17, 15) is 28.1 Å². The first-order valence-electron chi connectivity index (χ1n) is 9.65. The van der Waals surface area contributed by atoms with E-state index >= 15 is 0 Å². The fourth-order valence-electron chi connectivity index (χ4n) is 3.28. The van der Waals surface area contributed by atoms with Gasteiger partial charge in [0.25, 0.3) is 11.6 Å². The number of carbonyl (C=O) groups is 2. The van der Waals surface area contributed by atoms with Crippen LogP contribution in [-0.4, -0.2) is 67.2 Å². The van der Waals surface area contributed by atoms with Crippen molar-refractivity contribution >= 4 is 39.2 Å². The van der Waals surface area contributed by atoms with Crippen LogP contribution in [0.5, 0.6) is 0 Å². The highest BCUT2D eigenvalue weighted by atomic mass is 35.5. The molecule has 10 nitrogen and oxygen atoms in total. The van der Waals surface area contributed by atoms with Crippen molar-refractivity contribution in [3.63, 3.8) is 0 Å². The van der Waals surface area contributed by atoms with Crippen molar-refractivity contribution in [1.29, 1.82) is 0 Å². The Morgan fingerprint density at radius 1 is 1.09 bits per heavy atom. The van der Waals surface area contributed by atoms with Crippen LogP contribution in [0.4, 0.5) is 5.69 Å². The average molecular weight is 482 g/mol. The van der Waals surface area contributed by atoms with Crippen LogP contribution >= 0.6 is 11.6 Å². The molecule has 1 heterocycles. The van der Waals surface area contributed by atoms with E-state index < -0.39 is 32.5 Å².